The van der Waals surface area contributed by atoms with E-state index in [1.54, 1.807) is 18.9 Å². The second-order valence-corrected chi connectivity index (χ2v) is 5.70. The van der Waals surface area contributed by atoms with Crippen molar-refractivity contribution in [3.63, 3.8) is 0 Å². The molecule has 1 N–H and O–H groups in total. The molecule has 1 fully saturated rings. The van der Waals surface area contributed by atoms with Gasteiger partial charge in [0.1, 0.15) is 0 Å². The summed E-state index contributed by atoms with van der Waals surface area (Å²) in [6, 6.07) is 1.90. The number of likely N-dealkylation sites (tertiary alicyclic amines) is 1. The van der Waals surface area contributed by atoms with Gasteiger partial charge in [-0.2, -0.15) is 5.26 Å². The van der Waals surface area contributed by atoms with Crippen LogP contribution in [0.5, 0.6) is 0 Å². The van der Waals surface area contributed by atoms with Crippen LogP contribution in [0.2, 0.25) is 0 Å². The van der Waals surface area contributed by atoms with Crippen LogP contribution < -0.4 is 0 Å². The summed E-state index contributed by atoms with van der Waals surface area (Å²) in [6.45, 7) is 4.80. The maximum Gasteiger partial charge on any atom is 0.319 e. The molecule has 1 rings (SSSR count). The summed E-state index contributed by atoms with van der Waals surface area (Å²) in [4.78, 5) is 26.8. The molecule has 0 aromatic rings. The van der Waals surface area contributed by atoms with Gasteiger partial charge in [-0.25, -0.2) is 4.79 Å². The fourth-order valence-electron chi connectivity index (χ4n) is 2.77. The molecule has 0 aromatic carbocycles. The number of carbonyl (C=O) groups excluding carboxylic acids is 1. The van der Waals surface area contributed by atoms with E-state index in [4.69, 9.17) is 5.26 Å². The van der Waals surface area contributed by atoms with Gasteiger partial charge < -0.3 is 14.9 Å². The third-order valence-corrected chi connectivity index (χ3v) is 3.90. The van der Waals surface area contributed by atoms with Crippen molar-refractivity contribution < 1.29 is 14.7 Å². The summed E-state index contributed by atoms with van der Waals surface area (Å²) >= 11 is 0. The Balaban J connectivity index is 2.69. The van der Waals surface area contributed by atoms with Crippen LogP contribution in [0.15, 0.2) is 0 Å². The van der Waals surface area contributed by atoms with Crippen LogP contribution in [0.25, 0.3) is 0 Å². The molecule has 6 heteroatoms. The third kappa shape index (κ3) is 3.41. The van der Waals surface area contributed by atoms with Crippen molar-refractivity contribution in [1.29, 1.82) is 5.26 Å². The number of carboxylic acid groups (broad SMARTS) is 1. The monoisotopic (exact) mass is 281 g/mol. The number of hydrogen-bond acceptors (Lipinski definition) is 3. The molecule has 0 radical (unpaired) electrons. The van der Waals surface area contributed by atoms with Gasteiger partial charge in [-0.1, -0.05) is 13.3 Å². The Morgan fingerprint density at radius 3 is 2.70 bits per heavy atom. The molecule has 112 valence electrons. The Kier molecular flexibility index (Phi) is 5.37. The van der Waals surface area contributed by atoms with E-state index < -0.39 is 11.4 Å². The van der Waals surface area contributed by atoms with E-state index in [9.17, 15) is 14.7 Å². The van der Waals surface area contributed by atoms with Crippen molar-refractivity contribution in [2.75, 3.05) is 26.7 Å². The second-order valence-electron chi connectivity index (χ2n) is 5.70. The third-order valence-electron chi connectivity index (χ3n) is 3.90. The standard InChI is InChI=1S/C14H23N3O3/c1-4-5-14(12(18)19)6-7-17(10-14)13(20)16(3)9-11(2)8-15/h11H,4-7,9-10H2,1-3H3,(H,18,19). The zero-order chi connectivity index (χ0) is 15.3. The van der Waals surface area contributed by atoms with Crippen molar-refractivity contribution >= 4 is 12.0 Å². The van der Waals surface area contributed by atoms with Gasteiger partial charge in [-0.3, -0.25) is 4.79 Å². The minimum Gasteiger partial charge on any atom is -0.481 e. The first-order chi connectivity index (χ1) is 9.36. The van der Waals surface area contributed by atoms with Gasteiger partial charge >= 0.3 is 12.0 Å². The number of carboxylic acids is 1. The summed E-state index contributed by atoms with van der Waals surface area (Å²) in [5, 5.41) is 18.2. The van der Waals surface area contributed by atoms with Crippen LogP contribution in [0.3, 0.4) is 0 Å². The summed E-state index contributed by atoms with van der Waals surface area (Å²) in [7, 11) is 1.65. The van der Waals surface area contributed by atoms with Crippen LogP contribution in [-0.2, 0) is 4.79 Å². The number of rotatable bonds is 5. The van der Waals surface area contributed by atoms with E-state index in [2.05, 4.69) is 6.07 Å². The van der Waals surface area contributed by atoms with Crippen LogP contribution in [-0.4, -0.2) is 53.6 Å². The average molecular weight is 281 g/mol. The topological polar surface area (TPSA) is 84.6 Å². The molecular weight excluding hydrogens is 258 g/mol. The van der Waals surface area contributed by atoms with Gasteiger partial charge in [-0.05, 0) is 19.8 Å². The Morgan fingerprint density at radius 2 is 2.20 bits per heavy atom. The lowest BCUT2D eigenvalue weighted by molar-refractivity contribution is -0.148. The maximum absolute atomic E-state index is 12.3. The van der Waals surface area contributed by atoms with Crippen molar-refractivity contribution in [2.24, 2.45) is 11.3 Å². The molecule has 0 saturated carbocycles. The van der Waals surface area contributed by atoms with Gasteiger partial charge in [0.25, 0.3) is 0 Å². The number of aliphatic carboxylic acids is 1. The molecule has 0 spiro atoms. The molecule has 20 heavy (non-hydrogen) atoms. The first-order valence-electron chi connectivity index (χ1n) is 6.99. The Morgan fingerprint density at radius 1 is 1.55 bits per heavy atom. The Labute approximate surface area is 120 Å². The van der Waals surface area contributed by atoms with Crippen molar-refractivity contribution in [1.82, 2.24) is 9.80 Å². The van der Waals surface area contributed by atoms with Crippen molar-refractivity contribution in [2.45, 2.75) is 33.1 Å². The van der Waals surface area contributed by atoms with Gasteiger partial charge in [0.05, 0.1) is 17.4 Å². The van der Waals surface area contributed by atoms with Crippen molar-refractivity contribution in [3.8, 4) is 6.07 Å². The average Bonchev–Trinajstić information content (AvgIpc) is 2.83. The van der Waals surface area contributed by atoms with E-state index in [0.29, 0.717) is 25.9 Å². The number of amides is 2. The highest BCUT2D eigenvalue weighted by Crippen LogP contribution is 2.35. The minimum absolute atomic E-state index is 0.189. The van der Waals surface area contributed by atoms with E-state index in [-0.39, 0.29) is 18.5 Å². The second kappa shape index (κ2) is 6.60. The lowest BCUT2D eigenvalue weighted by Crippen LogP contribution is -2.43. The van der Waals surface area contributed by atoms with Gasteiger partial charge in [0.2, 0.25) is 0 Å². The summed E-state index contributed by atoms with van der Waals surface area (Å²) in [6.07, 6.45) is 1.88. The molecular formula is C14H23N3O3. The highest BCUT2D eigenvalue weighted by Gasteiger charge is 2.45. The predicted octanol–water partition coefficient (Wildman–Crippen LogP) is 1.77. The number of nitriles is 1. The molecule has 2 amide bonds. The molecule has 0 bridgehead atoms. The molecule has 1 aliphatic heterocycles. The first-order valence-corrected chi connectivity index (χ1v) is 6.99. The molecule has 2 atom stereocenters. The van der Waals surface area contributed by atoms with Crippen LogP contribution >= 0.6 is 0 Å². The number of nitrogens with zero attached hydrogens (tertiary/aromatic N) is 3. The van der Waals surface area contributed by atoms with E-state index in [1.807, 2.05) is 6.92 Å². The largest absolute Gasteiger partial charge is 0.481 e. The highest BCUT2D eigenvalue weighted by molar-refractivity contribution is 5.79. The molecule has 0 aliphatic carbocycles. The number of urea groups is 1. The van der Waals surface area contributed by atoms with E-state index in [0.717, 1.165) is 6.42 Å². The maximum atomic E-state index is 12.3. The molecule has 2 unspecified atom stereocenters. The Bertz CT molecular complexity index is 418. The lowest BCUT2D eigenvalue weighted by atomic mass is 9.83. The fourth-order valence-corrected chi connectivity index (χ4v) is 2.77. The smallest absolute Gasteiger partial charge is 0.319 e. The molecule has 6 nitrogen and oxygen atoms in total. The van der Waals surface area contributed by atoms with Gasteiger partial charge in [-0.15, -0.1) is 0 Å². The number of hydrogen-bond donors (Lipinski definition) is 1. The molecule has 1 heterocycles. The van der Waals surface area contributed by atoms with Crippen molar-refractivity contribution in [3.05, 3.63) is 0 Å². The zero-order valence-electron chi connectivity index (χ0n) is 12.4. The lowest BCUT2D eigenvalue weighted by Gasteiger charge is -2.27. The van der Waals surface area contributed by atoms with E-state index >= 15 is 0 Å². The van der Waals surface area contributed by atoms with Crippen LogP contribution in [0, 0.1) is 22.7 Å². The minimum atomic E-state index is -0.817. The molecule has 1 aliphatic rings. The summed E-state index contributed by atoms with van der Waals surface area (Å²) in [5.74, 6) is -1.05. The fraction of sp³-hybridized carbons (Fsp3) is 0.786. The highest BCUT2D eigenvalue weighted by atomic mass is 16.4. The summed E-state index contributed by atoms with van der Waals surface area (Å²) in [5.41, 5.74) is -0.800. The molecule has 1 saturated heterocycles. The molecule has 0 aromatic heterocycles. The van der Waals surface area contributed by atoms with Gasteiger partial charge in [0.15, 0.2) is 0 Å². The van der Waals surface area contributed by atoms with Crippen LogP contribution in [0.4, 0.5) is 4.79 Å². The van der Waals surface area contributed by atoms with Crippen LogP contribution in [0.1, 0.15) is 33.1 Å². The summed E-state index contributed by atoms with van der Waals surface area (Å²) < 4.78 is 0. The quantitative estimate of drug-likeness (QED) is 0.832. The Hall–Kier alpha value is -1.77. The SMILES string of the molecule is CCCC1(C(=O)O)CCN(C(=O)N(C)CC(C)C#N)C1. The predicted molar refractivity (Wildman–Crippen MR) is 74.0 cm³/mol. The van der Waals surface area contributed by atoms with E-state index in [1.165, 1.54) is 4.90 Å². The van der Waals surface area contributed by atoms with Gasteiger partial charge in [0, 0.05) is 26.7 Å². The zero-order valence-corrected chi connectivity index (χ0v) is 12.4. The number of carbonyl (C=O) groups is 2. The first kappa shape index (κ1) is 16.3. The normalized spacial score (nSPS) is 23.2.